The SMILES string of the molecule is O=C(Nc1ccc(Cl)cc1)NC1CCC[C@H]1C(=O)O. The molecule has 5 nitrogen and oxygen atoms in total. The minimum Gasteiger partial charge on any atom is -0.481 e. The van der Waals surface area contributed by atoms with Gasteiger partial charge in [-0.05, 0) is 37.1 Å². The van der Waals surface area contributed by atoms with E-state index in [0.717, 1.165) is 6.42 Å². The van der Waals surface area contributed by atoms with E-state index in [0.29, 0.717) is 23.6 Å². The average Bonchev–Trinajstić information content (AvgIpc) is 2.80. The molecule has 102 valence electrons. The molecule has 0 spiro atoms. The van der Waals surface area contributed by atoms with Crippen molar-refractivity contribution in [3.05, 3.63) is 29.3 Å². The normalized spacial score (nSPS) is 21.9. The first-order valence-corrected chi connectivity index (χ1v) is 6.50. The molecular formula is C13H15ClN2O3. The first kappa shape index (κ1) is 13.7. The number of carbonyl (C=O) groups excluding carboxylic acids is 1. The average molecular weight is 283 g/mol. The minimum atomic E-state index is -0.853. The van der Waals surface area contributed by atoms with Gasteiger partial charge in [0.15, 0.2) is 0 Å². The topological polar surface area (TPSA) is 78.4 Å². The molecule has 2 atom stereocenters. The van der Waals surface area contributed by atoms with Crippen LogP contribution in [-0.4, -0.2) is 23.1 Å². The molecule has 19 heavy (non-hydrogen) atoms. The van der Waals surface area contributed by atoms with Crippen LogP contribution in [0.5, 0.6) is 0 Å². The van der Waals surface area contributed by atoms with Crippen LogP contribution in [-0.2, 0) is 4.79 Å². The van der Waals surface area contributed by atoms with Gasteiger partial charge in [-0.1, -0.05) is 18.0 Å². The number of hydrogen-bond donors (Lipinski definition) is 3. The Morgan fingerprint density at radius 2 is 1.89 bits per heavy atom. The Morgan fingerprint density at radius 3 is 2.53 bits per heavy atom. The maximum absolute atomic E-state index is 11.8. The van der Waals surface area contributed by atoms with E-state index < -0.39 is 11.9 Å². The maximum Gasteiger partial charge on any atom is 0.319 e. The molecule has 0 heterocycles. The lowest BCUT2D eigenvalue weighted by Crippen LogP contribution is -2.42. The smallest absolute Gasteiger partial charge is 0.319 e. The Kier molecular flexibility index (Phi) is 4.27. The lowest BCUT2D eigenvalue weighted by atomic mass is 10.0. The Balaban J connectivity index is 1.90. The quantitative estimate of drug-likeness (QED) is 0.797. The Morgan fingerprint density at radius 1 is 1.21 bits per heavy atom. The number of halogens is 1. The largest absolute Gasteiger partial charge is 0.481 e. The number of carbonyl (C=O) groups is 2. The number of amides is 2. The summed E-state index contributed by atoms with van der Waals surface area (Å²) in [6.07, 6.45) is 2.13. The van der Waals surface area contributed by atoms with E-state index in [2.05, 4.69) is 10.6 Å². The van der Waals surface area contributed by atoms with Crippen molar-refractivity contribution in [2.75, 3.05) is 5.32 Å². The zero-order valence-electron chi connectivity index (χ0n) is 10.2. The first-order chi connectivity index (χ1) is 9.06. The number of urea groups is 1. The van der Waals surface area contributed by atoms with E-state index in [1.807, 2.05) is 0 Å². The van der Waals surface area contributed by atoms with Crippen LogP contribution in [0.25, 0.3) is 0 Å². The number of rotatable bonds is 3. The molecular weight excluding hydrogens is 268 g/mol. The maximum atomic E-state index is 11.8. The van der Waals surface area contributed by atoms with Gasteiger partial charge in [-0.2, -0.15) is 0 Å². The van der Waals surface area contributed by atoms with E-state index in [4.69, 9.17) is 16.7 Å². The van der Waals surface area contributed by atoms with Gasteiger partial charge in [0, 0.05) is 16.8 Å². The molecule has 0 saturated heterocycles. The van der Waals surface area contributed by atoms with Crippen molar-refractivity contribution in [1.29, 1.82) is 0 Å². The second-order valence-corrected chi connectivity index (χ2v) is 5.02. The van der Waals surface area contributed by atoms with Gasteiger partial charge in [0.05, 0.1) is 5.92 Å². The number of nitrogens with one attached hydrogen (secondary N) is 2. The fraction of sp³-hybridized carbons (Fsp3) is 0.385. The van der Waals surface area contributed by atoms with Crippen LogP contribution >= 0.6 is 11.6 Å². The minimum absolute atomic E-state index is 0.301. The van der Waals surface area contributed by atoms with Gasteiger partial charge < -0.3 is 15.7 Å². The summed E-state index contributed by atoms with van der Waals surface area (Å²) < 4.78 is 0. The number of benzene rings is 1. The molecule has 1 unspecified atom stereocenters. The number of carboxylic acid groups (broad SMARTS) is 1. The zero-order chi connectivity index (χ0) is 13.8. The predicted octanol–water partition coefficient (Wildman–Crippen LogP) is 2.71. The lowest BCUT2D eigenvalue weighted by molar-refractivity contribution is -0.142. The van der Waals surface area contributed by atoms with Gasteiger partial charge in [0.1, 0.15) is 0 Å². The van der Waals surface area contributed by atoms with E-state index in [9.17, 15) is 9.59 Å². The highest BCUT2D eigenvalue weighted by molar-refractivity contribution is 6.30. The molecule has 0 aromatic heterocycles. The van der Waals surface area contributed by atoms with Crippen LogP contribution < -0.4 is 10.6 Å². The highest BCUT2D eigenvalue weighted by Crippen LogP contribution is 2.25. The summed E-state index contributed by atoms with van der Waals surface area (Å²) in [6.45, 7) is 0. The van der Waals surface area contributed by atoms with Gasteiger partial charge in [0.25, 0.3) is 0 Å². The molecule has 0 aliphatic heterocycles. The van der Waals surface area contributed by atoms with Crippen LogP contribution in [0.1, 0.15) is 19.3 Å². The molecule has 2 rings (SSSR count). The zero-order valence-corrected chi connectivity index (χ0v) is 11.0. The second kappa shape index (κ2) is 5.93. The summed E-state index contributed by atoms with van der Waals surface area (Å²) in [7, 11) is 0. The van der Waals surface area contributed by atoms with Crippen LogP contribution in [0.4, 0.5) is 10.5 Å². The Bertz CT molecular complexity index is 475. The lowest BCUT2D eigenvalue weighted by Gasteiger charge is -2.18. The van der Waals surface area contributed by atoms with Gasteiger partial charge in [-0.15, -0.1) is 0 Å². The van der Waals surface area contributed by atoms with Gasteiger partial charge in [-0.25, -0.2) is 4.79 Å². The predicted molar refractivity (Wildman–Crippen MR) is 72.4 cm³/mol. The molecule has 1 aliphatic carbocycles. The number of aliphatic carboxylic acids is 1. The van der Waals surface area contributed by atoms with Crippen LogP contribution in [0, 0.1) is 5.92 Å². The first-order valence-electron chi connectivity index (χ1n) is 6.12. The van der Waals surface area contributed by atoms with E-state index in [1.54, 1.807) is 24.3 Å². The standard InChI is InChI=1S/C13H15ClN2O3/c14-8-4-6-9(7-5-8)15-13(19)16-11-3-1-2-10(11)12(17)18/h4-7,10-11H,1-3H2,(H,17,18)(H2,15,16,19)/t10-,11?/m1/s1. The Labute approximate surface area is 116 Å². The highest BCUT2D eigenvalue weighted by atomic mass is 35.5. The van der Waals surface area contributed by atoms with Gasteiger partial charge in [-0.3, -0.25) is 4.79 Å². The van der Waals surface area contributed by atoms with Crippen molar-refractivity contribution in [2.24, 2.45) is 5.92 Å². The molecule has 1 saturated carbocycles. The second-order valence-electron chi connectivity index (χ2n) is 4.59. The van der Waals surface area contributed by atoms with E-state index in [-0.39, 0.29) is 12.1 Å². The highest BCUT2D eigenvalue weighted by Gasteiger charge is 2.33. The molecule has 2 amide bonds. The molecule has 1 aliphatic rings. The van der Waals surface area contributed by atoms with Gasteiger partial charge in [0.2, 0.25) is 0 Å². The monoisotopic (exact) mass is 282 g/mol. The number of hydrogen-bond acceptors (Lipinski definition) is 2. The summed E-state index contributed by atoms with van der Waals surface area (Å²) in [4.78, 5) is 22.8. The van der Waals surface area contributed by atoms with E-state index in [1.165, 1.54) is 0 Å². The number of carboxylic acids is 1. The van der Waals surface area contributed by atoms with Crippen molar-refractivity contribution in [3.8, 4) is 0 Å². The molecule has 0 bridgehead atoms. The van der Waals surface area contributed by atoms with E-state index >= 15 is 0 Å². The fourth-order valence-electron chi connectivity index (χ4n) is 2.30. The van der Waals surface area contributed by atoms with Crippen molar-refractivity contribution >= 4 is 29.3 Å². The summed E-state index contributed by atoms with van der Waals surface area (Å²) in [5, 5.41) is 15.0. The third-order valence-corrected chi connectivity index (χ3v) is 3.50. The van der Waals surface area contributed by atoms with Gasteiger partial charge >= 0.3 is 12.0 Å². The third-order valence-electron chi connectivity index (χ3n) is 3.25. The summed E-state index contributed by atoms with van der Waals surface area (Å²) in [6, 6.07) is 6.03. The molecule has 1 aromatic carbocycles. The number of anilines is 1. The molecule has 3 N–H and O–H groups in total. The molecule has 0 radical (unpaired) electrons. The van der Waals surface area contributed by atoms with Crippen molar-refractivity contribution in [2.45, 2.75) is 25.3 Å². The Hall–Kier alpha value is -1.75. The van der Waals surface area contributed by atoms with Crippen molar-refractivity contribution in [1.82, 2.24) is 5.32 Å². The molecule has 6 heteroatoms. The summed E-state index contributed by atoms with van der Waals surface area (Å²) in [5.74, 6) is -1.34. The molecule has 1 fully saturated rings. The van der Waals surface area contributed by atoms with Crippen LogP contribution in [0.2, 0.25) is 5.02 Å². The summed E-state index contributed by atoms with van der Waals surface area (Å²) >= 11 is 5.75. The van der Waals surface area contributed by atoms with Crippen LogP contribution in [0.3, 0.4) is 0 Å². The summed E-state index contributed by atoms with van der Waals surface area (Å²) in [5.41, 5.74) is 0.617. The third kappa shape index (κ3) is 3.61. The van der Waals surface area contributed by atoms with Crippen LogP contribution in [0.15, 0.2) is 24.3 Å². The van der Waals surface area contributed by atoms with Crippen molar-refractivity contribution < 1.29 is 14.7 Å². The van der Waals surface area contributed by atoms with Crippen molar-refractivity contribution in [3.63, 3.8) is 0 Å². The molecule has 1 aromatic rings. The fourth-order valence-corrected chi connectivity index (χ4v) is 2.42.